The van der Waals surface area contributed by atoms with Crippen molar-refractivity contribution in [2.75, 3.05) is 0 Å². The van der Waals surface area contributed by atoms with Gasteiger partial charge in [-0.25, -0.2) is 0 Å². The fourth-order valence-electron chi connectivity index (χ4n) is 1.81. The molecule has 19 heavy (non-hydrogen) atoms. The van der Waals surface area contributed by atoms with Gasteiger partial charge in [0, 0.05) is 12.0 Å². The van der Waals surface area contributed by atoms with Gasteiger partial charge in [-0.3, -0.25) is 4.79 Å². The zero-order chi connectivity index (χ0) is 14.4. The monoisotopic (exact) mass is 268 g/mol. The van der Waals surface area contributed by atoms with Gasteiger partial charge in [0.25, 0.3) is 0 Å². The summed E-state index contributed by atoms with van der Waals surface area (Å²) in [5.74, 6) is -1.78. The fraction of sp³-hybridized carbons (Fsp3) is 0.500. The average Bonchev–Trinajstić information content (AvgIpc) is 2.36. The molecular formula is C14H20O5. The quantitative estimate of drug-likeness (QED) is 0.545. The molecule has 0 aromatic heterocycles. The van der Waals surface area contributed by atoms with E-state index in [0.717, 1.165) is 6.42 Å². The lowest BCUT2D eigenvalue weighted by atomic mass is 10.0. The van der Waals surface area contributed by atoms with E-state index in [9.17, 15) is 20.1 Å². The summed E-state index contributed by atoms with van der Waals surface area (Å²) in [6, 6.07) is 2.71. The fourth-order valence-corrected chi connectivity index (χ4v) is 1.81. The Balaban J connectivity index is 2.99. The minimum absolute atomic E-state index is 0.307. The Kier molecular flexibility index (Phi) is 5.48. The molecule has 1 atom stereocenters. The van der Waals surface area contributed by atoms with Gasteiger partial charge in [-0.1, -0.05) is 20.3 Å². The first-order valence-corrected chi connectivity index (χ1v) is 6.44. The molecule has 106 valence electrons. The number of ether oxygens (including phenoxy) is 1. The third-order valence-electron chi connectivity index (χ3n) is 2.79. The van der Waals surface area contributed by atoms with E-state index in [1.54, 1.807) is 0 Å². The Morgan fingerprint density at radius 2 is 1.84 bits per heavy atom. The molecule has 5 heteroatoms. The molecule has 3 N–H and O–H groups in total. The van der Waals surface area contributed by atoms with Crippen molar-refractivity contribution >= 4 is 5.97 Å². The Labute approximate surface area is 112 Å². The van der Waals surface area contributed by atoms with E-state index in [1.807, 2.05) is 13.8 Å². The molecule has 0 bridgehead atoms. The molecule has 0 amide bonds. The van der Waals surface area contributed by atoms with Crippen molar-refractivity contribution in [3.63, 3.8) is 0 Å². The number of benzene rings is 1. The van der Waals surface area contributed by atoms with Crippen LogP contribution in [0.3, 0.4) is 0 Å². The second-order valence-electron chi connectivity index (χ2n) is 4.39. The molecule has 0 fully saturated rings. The van der Waals surface area contributed by atoms with Crippen LogP contribution in [-0.2, 0) is 9.53 Å². The van der Waals surface area contributed by atoms with Crippen LogP contribution in [0.15, 0.2) is 12.1 Å². The van der Waals surface area contributed by atoms with Crippen molar-refractivity contribution < 1.29 is 24.9 Å². The predicted molar refractivity (Wildman–Crippen MR) is 70.1 cm³/mol. The van der Waals surface area contributed by atoms with Crippen LogP contribution in [0, 0.1) is 0 Å². The lowest BCUT2D eigenvalue weighted by molar-refractivity contribution is -0.150. The molecule has 0 heterocycles. The van der Waals surface area contributed by atoms with E-state index in [1.165, 1.54) is 12.1 Å². The number of hydrogen-bond donors (Lipinski definition) is 3. The molecule has 0 aliphatic heterocycles. The SMILES string of the molecule is CCCC(=O)OC(CCC)c1ccc(O)c(O)c1O. The summed E-state index contributed by atoms with van der Waals surface area (Å²) in [7, 11) is 0. The second-order valence-corrected chi connectivity index (χ2v) is 4.39. The lowest BCUT2D eigenvalue weighted by Crippen LogP contribution is -2.11. The summed E-state index contributed by atoms with van der Waals surface area (Å²) in [6.45, 7) is 3.80. The van der Waals surface area contributed by atoms with Gasteiger partial charge in [0.2, 0.25) is 5.75 Å². The van der Waals surface area contributed by atoms with E-state index in [-0.39, 0.29) is 5.97 Å². The smallest absolute Gasteiger partial charge is 0.306 e. The van der Waals surface area contributed by atoms with Crippen molar-refractivity contribution in [2.45, 2.75) is 45.6 Å². The Morgan fingerprint density at radius 3 is 2.42 bits per heavy atom. The minimum Gasteiger partial charge on any atom is -0.504 e. The van der Waals surface area contributed by atoms with Gasteiger partial charge in [-0.05, 0) is 25.0 Å². The van der Waals surface area contributed by atoms with Crippen LogP contribution in [-0.4, -0.2) is 21.3 Å². The summed E-state index contributed by atoms with van der Waals surface area (Å²) in [5.41, 5.74) is 0.307. The van der Waals surface area contributed by atoms with Gasteiger partial charge in [-0.2, -0.15) is 0 Å². The minimum atomic E-state index is -0.615. The van der Waals surface area contributed by atoms with Gasteiger partial charge in [0.15, 0.2) is 11.5 Å². The largest absolute Gasteiger partial charge is 0.504 e. The molecule has 0 saturated heterocycles. The first-order valence-electron chi connectivity index (χ1n) is 6.44. The van der Waals surface area contributed by atoms with Crippen LogP contribution < -0.4 is 0 Å². The number of phenols is 3. The third-order valence-corrected chi connectivity index (χ3v) is 2.79. The number of esters is 1. The molecule has 1 unspecified atom stereocenters. The highest BCUT2D eigenvalue weighted by atomic mass is 16.5. The molecule has 5 nitrogen and oxygen atoms in total. The van der Waals surface area contributed by atoms with Crippen molar-refractivity contribution in [3.8, 4) is 17.2 Å². The van der Waals surface area contributed by atoms with E-state index < -0.39 is 23.4 Å². The number of phenolic OH excluding ortho intramolecular Hbond substituents is 3. The zero-order valence-electron chi connectivity index (χ0n) is 11.2. The van der Waals surface area contributed by atoms with Gasteiger partial charge < -0.3 is 20.1 Å². The number of aromatic hydroxyl groups is 3. The van der Waals surface area contributed by atoms with Crippen LogP contribution in [0.2, 0.25) is 0 Å². The van der Waals surface area contributed by atoms with Crippen molar-refractivity contribution in [3.05, 3.63) is 17.7 Å². The van der Waals surface area contributed by atoms with Crippen molar-refractivity contribution in [1.29, 1.82) is 0 Å². The molecule has 1 aromatic carbocycles. The van der Waals surface area contributed by atoms with Gasteiger partial charge in [-0.15, -0.1) is 0 Å². The standard InChI is InChI=1S/C14H20O5/c1-3-5-11(19-12(16)6-4-2)9-7-8-10(15)14(18)13(9)17/h7-8,11,15,17-18H,3-6H2,1-2H3. The predicted octanol–water partition coefficient (Wildman–Crippen LogP) is 2.99. The normalized spacial score (nSPS) is 12.1. The Bertz CT molecular complexity index is 442. The zero-order valence-corrected chi connectivity index (χ0v) is 11.2. The first-order chi connectivity index (χ1) is 9.01. The molecule has 0 aliphatic carbocycles. The van der Waals surface area contributed by atoms with E-state index in [4.69, 9.17) is 4.74 Å². The maximum atomic E-state index is 11.5. The summed E-state index contributed by atoms with van der Waals surface area (Å²) in [5, 5.41) is 28.6. The van der Waals surface area contributed by atoms with E-state index in [2.05, 4.69) is 0 Å². The Morgan fingerprint density at radius 1 is 1.16 bits per heavy atom. The van der Waals surface area contributed by atoms with E-state index >= 15 is 0 Å². The number of rotatable bonds is 6. The number of carbonyl (C=O) groups excluding carboxylic acids is 1. The molecule has 1 rings (SSSR count). The van der Waals surface area contributed by atoms with Crippen molar-refractivity contribution in [2.24, 2.45) is 0 Å². The third kappa shape index (κ3) is 3.77. The molecule has 0 spiro atoms. The summed E-state index contributed by atoms with van der Waals surface area (Å²) < 4.78 is 5.30. The first kappa shape index (κ1) is 15.1. The van der Waals surface area contributed by atoms with Crippen LogP contribution in [0.25, 0.3) is 0 Å². The molecule has 0 saturated carbocycles. The number of carbonyl (C=O) groups is 1. The topological polar surface area (TPSA) is 87.0 Å². The van der Waals surface area contributed by atoms with Crippen LogP contribution in [0.4, 0.5) is 0 Å². The highest BCUT2D eigenvalue weighted by Gasteiger charge is 2.22. The van der Waals surface area contributed by atoms with Crippen molar-refractivity contribution in [1.82, 2.24) is 0 Å². The average molecular weight is 268 g/mol. The van der Waals surface area contributed by atoms with E-state index in [0.29, 0.717) is 24.8 Å². The van der Waals surface area contributed by atoms with Gasteiger partial charge >= 0.3 is 5.97 Å². The molecule has 0 aliphatic rings. The summed E-state index contributed by atoms with van der Waals surface area (Å²) in [6.07, 6.45) is 1.67. The Hall–Kier alpha value is -1.91. The molecular weight excluding hydrogens is 248 g/mol. The molecule has 1 aromatic rings. The maximum Gasteiger partial charge on any atom is 0.306 e. The summed E-state index contributed by atoms with van der Waals surface area (Å²) >= 11 is 0. The van der Waals surface area contributed by atoms with Gasteiger partial charge in [0.1, 0.15) is 6.10 Å². The summed E-state index contributed by atoms with van der Waals surface area (Å²) in [4.78, 5) is 11.5. The van der Waals surface area contributed by atoms with Gasteiger partial charge in [0.05, 0.1) is 0 Å². The second kappa shape index (κ2) is 6.87. The number of hydrogen-bond acceptors (Lipinski definition) is 5. The highest BCUT2D eigenvalue weighted by molar-refractivity contribution is 5.70. The maximum absolute atomic E-state index is 11.5. The highest BCUT2D eigenvalue weighted by Crippen LogP contribution is 2.41. The molecule has 0 radical (unpaired) electrons. The van der Waals surface area contributed by atoms with Crippen LogP contribution in [0.1, 0.15) is 51.2 Å². The van der Waals surface area contributed by atoms with Crippen LogP contribution >= 0.6 is 0 Å². The van der Waals surface area contributed by atoms with Crippen LogP contribution in [0.5, 0.6) is 17.2 Å². The lowest BCUT2D eigenvalue weighted by Gasteiger charge is -2.19.